The van der Waals surface area contributed by atoms with E-state index in [0.717, 1.165) is 37.6 Å². The van der Waals surface area contributed by atoms with E-state index in [4.69, 9.17) is 4.74 Å². The molecule has 0 unspecified atom stereocenters. The lowest BCUT2D eigenvalue weighted by Gasteiger charge is -2.35. The highest BCUT2D eigenvalue weighted by atomic mass is 16.5. The average molecular weight is 337 g/mol. The van der Waals surface area contributed by atoms with Gasteiger partial charge in [-0.15, -0.1) is 5.10 Å². The number of hydrogen-bond acceptors (Lipinski definition) is 6. The van der Waals surface area contributed by atoms with E-state index in [2.05, 4.69) is 50.7 Å². The molecule has 1 aliphatic rings. The third kappa shape index (κ3) is 3.95. The Morgan fingerprint density at radius 1 is 1.20 bits per heavy atom. The van der Waals surface area contributed by atoms with Crippen molar-refractivity contribution in [3.63, 3.8) is 0 Å². The highest BCUT2D eigenvalue weighted by Gasteiger charge is 2.23. The quantitative estimate of drug-likeness (QED) is 0.903. The average Bonchev–Trinajstić information content (AvgIpc) is 2.66. The molecule has 1 aromatic carbocycles. The van der Waals surface area contributed by atoms with Crippen molar-refractivity contribution in [2.24, 2.45) is 0 Å². The molecule has 2 heterocycles. The molecule has 1 aliphatic heterocycles. The van der Waals surface area contributed by atoms with Crippen LogP contribution in [0.4, 0.5) is 5.82 Å². The predicted octanol–water partition coefficient (Wildman–Crippen LogP) is 2.45. The van der Waals surface area contributed by atoms with Crippen LogP contribution in [-0.2, 0) is 4.74 Å². The van der Waals surface area contributed by atoms with E-state index in [1.165, 1.54) is 5.56 Å². The van der Waals surface area contributed by atoms with Gasteiger partial charge in [-0.3, -0.25) is 4.90 Å². The van der Waals surface area contributed by atoms with Crippen LogP contribution in [0, 0.1) is 25.2 Å². The molecule has 2 aromatic rings. The van der Waals surface area contributed by atoms with E-state index < -0.39 is 0 Å². The third-order valence-corrected chi connectivity index (χ3v) is 4.70. The molecule has 0 amide bonds. The lowest BCUT2D eigenvalue weighted by Crippen LogP contribution is -2.41. The lowest BCUT2D eigenvalue weighted by atomic mass is 10.0. The van der Waals surface area contributed by atoms with Crippen molar-refractivity contribution in [2.75, 3.05) is 38.2 Å². The maximum absolute atomic E-state index is 9.47. The van der Waals surface area contributed by atoms with Crippen molar-refractivity contribution < 1.29 is 4.74 Å². The Morgan fingerprint density at radius 2 is 1.92 bits per heavy atom. The van der Waals surface area contributed by atoms with Gasteiger partial charge in [0.25, 0.3) is 0 Å². The molecule has 0 bridgehead atoms. The molecular weight excluding hydrogens is 314 g/mol. The van der Waals surface area contributed by atoms with Gasteiger partial charge in [0, 0.05) is 19.6 Å². The van der Waals surface area contributed by atoms with Gasteiger partial charge < -0.3 is 10.1 Å². The molecule has 1 fully saturated rings. The Hall–Kier alpha value is -2.49. The number of benzene rings is 1. The van der Waals surface area contributed by atoms with Crippen molar-refractivity contribution in [3.8, 4) is 6.07 Å². The van der Waals surface area contributed by atoms with Crippen molar-refractivity contribution in [1.29, 1.82) is 5.26 Å². The van der Waals surface area contributed by atoms with Crippen LogP contribution in [0.3, 0.4) is 0 Å². The van der Waals surface area contributed by atoms with E-state index in [0.29, 0.717) is 17.9 Å². The summed E-state index contributed by atoms with van der Waals surface area (Å²) in [4.78, 5) is 2.41. The number of anilines is 1. The lowest BCUT2D eigenvalue weighted by molar-refractivity contribution is 0.0187. The zero-order chi connectivity index (χ0) is 17.6. The molecule has 1 aromatic heterocycles. The van der Waals surface area contributed by atoms with Crippen LogP contribution in [0.2, 0.25) is 0 Å². The molecule has 0 aliphatic carbocycles. The summed E-state index contributed by atoms with van der Waals surface area (Å²) in [5.41, 5.74) is 3.48. The first kappa shape index (κ1) is 17.3. The minimum absolute atomic E-state index is 0.194. The van der Waals surface area contributed by atoms with E-state index in [1.54, 1.807) is 0 Å². The second kappa shape index (κ2) is 8.06. The van der Waals surface area contributed by atoms with Crippen molar-refractivity contribution in [1.82, 2.24) is 15.1 Å². The van der Waals surface area contributed by atoms with Gasteiger partial charge in [0.1, 0.15) is 11.6 Å². The number of aryl methyl sites for hydroxylation is 1. The topological polar surface area (TPSA) is 74.1 Å². The number of rotatable bonds is 5. The minimum atomic E-state index is 0.194. The first-order valence-electron chi connectivity index (χ1n) is 8.55. The summed E-state index contributed by atoms with van der Waals surface area (Å²) in [6.45, 7) is 7.72. The Kier molecular flexibility index (Phi) is 5.59. The fourth-order valence-corrected chi connectivity index (χ4v) is 3.08. The SMILES string of the molecule is Cc1nnc(NC[C@H](c2ccccc2)N2CCOCC2)c(C#N)c1C. The second-order valence-electron chi connectivity index (χ2n) is 6.20. The maximum Gasteiger partial charge on any atom is 0.167 e. The summed E-state index contributed by atoms with van der Waals surface area (Å²) in [5, 5.41) is 21.2. The number of morpholine rings is 1. The van der Waals surface area contributed by atoms with Gasteiger partial charge >= 0.3 is 0 Å². The molecule has 3 rings (SSSR count). The summed E-state index contributed by atoms with van der Waals surface area (Å²) in [6.07, 6.45) is 0. The number of ether oxygens (including phenoxy) is 1. The fraction of sp³-hybridized carbons (Fsp3) is 0.421. The monoisotopic (exact) mass is 337 g/mol. The van der Waals surface area contributed by atoms with Crippen LogP contribution < -0.4 is 5.32 Å². The van der Waals surface area contributed by atoms with Gasteiger partial charge in [-0.25, -0.2) is 0 Å². The zero-order valence-corrected chi connectivity index (χ0v) is 14.7. The molecule has 6 nitrogen and oxygen atoms in total. The molecular formula is C19H23N5O. The first-order chi connectivity index (χ1) is 12.2. The van der Waals surface area contributed by atoms with Crippen LogP contribution in [-0.4, -0.2) is 47.9 Å². The molecule has 130 valence electrons. The molecule has 1 atom stereocenters. The Labute approximate surface area is 148 Å². The number of nitrogens with one attached hydrogen (secondary N) is 1. The van der Waals surface area contributed by atoms with E-state index in [9.17, 15) is 5.26 Å². The van der Waals surface area contributed by atoms with E-state index in [1.807, 2.05) is 19.9 Å². The third-order valence-electron chi connectivity index (χ3n) is 4.70. The molecule has 6 heteroatoms. The second-order valence-corrected chi connectivity index (χ2v) is 6.20. The van der Waals surface area contributed by atoms with Crippen LogP contribution in [0.25, 0.3) is 0 Å². The number of aromatic nitrogens is 2. The van der Waals surface area contributed by atoms with Crippen molar-refractivity contribution in [3.05, 3.63) is 52.7 Å². The van der Waals surface area contributed by atoms with Crippen molar-refractivity contribution in [2.45, 2.75) is 19.9 Å². The Balaban J connectivity index is 1.82. The fourth-order valence-electron chi connectivity index (χ4n) is 3.08. The highest BCUT2D eigenvalue weighted by Crippen LogP contribution is 2.24. The van der Waals surface area contributed by atoms with Gasteiger partial charge in [-0.1, -0.05) is 30.3 Å². The highest BCUT2D eigenvalue weighted by molar-refractivity contribution is 5.55. The standard InChI is InChI=1S/C19H23N5O/c1-14-15(2)22-23-19(17(14)12-20)21-13-18(16-6-4-3-5-7-16)24-8-10-25-11-9-24/h3-7,18H,8-11,13H2,1-2H3,(H,21,23)/t18-/m1/s1. The molecule has 1 saturated heterocycles. The van der Waals surface area contributed by atoms with Crippen LogP contribution in [0.1, 0.15) is 28.4 Å². The summed E-state index contributed by atoms with van der Waals surface area (Å²) in [6, 6.07) is 12.9. The molecule has 0 radical (unpaired) electrons. The summed E-state index contributed by atoms with van der Waals surface area (Å²) < 4.78 is 5.49. The minimum Gasteiger partial charge on any atom is -0.379 e. The van der Waals surface area contributed by atoms with Gasteiger partial charge in [-0.2, -0.15) is 10.4 Å². The summed E-state index contributed by atoms with van der Waals surface area (Å²) >= 11 is 0. The Morgan fingerprint density at radius 3 is 2.60 bits per heavy atom. The predicted molar refractivity (Wildman–Crippen MR) is 96.3 cm³/mol. The Bertz CT molecular complexity index is 750. The van der Waals surface area contributed by atoms with Gasteiger partial charge in [0.2, 0.25) is 0 Å². The largest absolute Gasteiger partial charge is 0.379 e. The van der Waals surface area contributed by atoms with E-state index in [-0.39, 0.29) is 6.04 Å². The normalized spacial score (nSPS) is 16.2. The molecule has 25 heavy (non-hydrogen) atoms. The smallest absolute Gasteiger partial charge is 0.167 e. The summed E-state index contributed by atoms with van der Waals surface area (Å²) in [5.74, 6) is 0.555. The number of nitriles is 1. The van der Waals surface area contributed by atoms with Crippen LogP contribution in [0.5, 0.6) is 0 Å². The summed E-state index contributed by atoms with van der Waals surface area (Å²) in [7, 11) is 0. The first-order valence-corrected chi connectivity index (χ1v) is 8.55. The van der Waals surface area contributed by atoms with Crippen LogP contribution in [0.15, 0.2) is 30.3 Å². The zero-order valence-electron chi connectivity index (χ0n) is 14.7. The van der Waals surface area contributed by atoms with Gasteiger partial charge in [0.05, 0.1) is 24.9 Å². The maximum atomic E-state index is 9.47. The van der Waals surface area contributed by atoms with Gasteiger partial charge in [0.15, 0.2) is 5.82 Å². The number of hydrogen-bond donors (Lipinski definition) is 1. The van der Waals surface area contributed by atoms with Crippen molar-refractivity contribution >= 4 is 5.82 Å². The van der Waals surface area contributed by atoms with E-state index >= 15 is 0 Å². The van der Waals surface area contributed by atoms with Gasteiger partial charge in [-0.05, 0) is 25.0 Å². The molecule has 1 N–H and O–H groups in total. The molecule has 0 saturated carbocycles. The van der Waals surface area contributed by atoms with Crippen LogP contribution >= 0.6 is 0 Å². The molecule has 0 spiro atoms. The number of nitrogens with zero attached hydrogens (tertiary/aromatic N) is 4.